The average molecular weight is 596 g/mol. The molecule has 1 aromatic heterocycles. The minimum atomic E-state index is -0.206. The number of benzene rings is 2. The molecule has 2 amide bonds. The number of carbonyl (C=O) groups is 2. The molecule has 2 aromatic carbocycles. The monoisotopic (exact) mass is 595 g/mol. The highest BCUT2D eigenvalue weighted by molar-refractivity contribution is 9.10. The van der Waals surface area contributed by atoms with Gasteiger partial charge in [0, 0.05) is 41.8 Å². The smallest absolute Gasteiger partial charge is 0.274 e. The molecule has 0 saturated carbocycles. The van der Waals surface area contributed by atoms with E-state index in [-0.39, 0.29) is 30.2 Å². The van der Waals surface area contributed by atoms with Crippen molar-refractivity contribution >= 4 is 33.6 Å². The summed E-state index contributed by atoms with van der Waals surface area (Å²) >= 11 is 3.48. The van der Waals surface area contributed by atoms with Gasteiger partial charge in [0.2, 0.25) is 0 Å². The molecule has 1 atom stereocenters. The maximum Gasteiger partial charge on any atom is 0.274 e. The molecule has 0 bridgehead atoms. The molecule has 2 aliphatic rings. The minimum Gasteiger partial charge on any atom is -0.491 e. The Labute approximate surface area is 235 Å². The van der Waals surface area contributed by atoms with Crippen LogP contribution in [0.5, 0.6) is 11.5 Å². The molecule has 1 fully saturated rings. The second-order valence-electron chi connectivity index (χ2n) is 9.32. The van der Waals surface area contributed by atoms with Crippen molar-refractivity contribution in [2.24, 2.45) is 0 Å². The normalized spacial score (nSPS) is 16.5. The van der Waals surface area contributed by atoms with Gasteiger partial charge in [-0.05, 0) is 49.2 Å². The van der Waals surface area contributed by atoms with E-state index in [0.717, 1.165) is 40.8 Å². The molecule has 0 aliphatic carbocycles. The first-order valence-electron chi connectivity index (χ1n) is 12.9. The van der Waals surface area contributed by atoms with Gasteiger partial charge < -0.3 is 29.7 Å². The molecule has 0 spiro atoms. The lowest BCUT2D eigenvalue weighted by molar-refractivity contribution is -0.123. The summed E-state index contributed by atoms with van der Waals surface area (Å²) in [5, 5.41) is 14.4. The summed E-state index contributed by atoms with van der Waals surface area (Å²) in [4.78, 5) is 27.0. The van der Waals surface area contributed by atoms with Crippen LogP contribution in [0.15, 0.2) is 59.1 Å². The number of hydrogen-bond acceptors (Lipinski definition) is 8. The maximum atomic E-state index is 13.1. The number of ether oxygens (including phenoxy) is 3. The molecule has 1 saturated heterocycles. The van der Waals surface area contributed by atoms with Crippen LogP contribution in [0.2, 0.25) is 0 Å². The summed E-state index contributed by atoms with van der Waals surface area (Å²) in [7, 11) is 0. The number of para-hydroxylation sites is 1. The highest BCUT2D eigenvalue weighted by Gasteiger charge is 2.23. The van der Waals surface area contributed by atoms with Crippen molar-refractivity contribution in [3.05, 3.63) is 75.9 Å². The van der Waals surface area contributed by atoms with Crippen molar-refractivity contribution in [1.82, 2.24) is 20.4 Å². The molecular weight excluding hydrogens is 566 g/mol. The third kappa shape index (κ3) is 7.24. The number of hydrogen-bond donors (Lipinski definition) is 2. The molecule has 2 N–H and O–H groups in total. The molecule has 3 aromatic rings. The number of rotatable bonds is 9. The fourth-order valence-electron chi connectivity index (χ4n) is 4.44. The van der Waals surface area contributed by atoms with Crippen LogP contribution in [0.4, 0.5) is 5.82 Å². The summed E-state index contributed by atoms with van der Waals surface area (Å²) in [6, 6.07) is 16.6. The lowest BCUT2D eigenvalue weighted by Gasteiger charge is -2.19. The maximum absolute atomic E-state index is 13.1. The number of carbonyl (C=O) groups excluding carboxylic acids is 2. The summed E-state index contributed by atoms with van der Waals surface area (Å²) < 4.78 is 18.0. The number of amides is 2. The van der Waals surface area contributed by atoms with Crippen molar-refractivity contribution in [3.63, 3.8) is 0 Å². The Morgan fingerprint density at radius 3 is 2.82 bits per heavy atom. The predicted octanol–water partition coefficient (Wildman–Crippen LogP) is 3.56. The van der Waals surface area contributed by atoms with E-state index in [9.17, 15) is 9.59 Å². The third-order valence-corrected chi connectivity index (χ3v) is 7.01. The van der Waals surface area contributed by atoms with Gasteiger partial charge in [0.25, 0.3) is 11.8 Å². The second kappa shape index (κ2) is 12.9. The summed E-state index contributed by atoms with van der Waals surface area (Å²) in [5.74, 6) is 1.51. The lowest BCUT2D eigenvalue weighted by atomic mass is 10.2. The number of halogens is 1. The number of nitrogens with one attached hydrogen (secondary N) is 2. The molecule has 204 valence electrons. The fraction of sp³-hybridized carbons (Fsp3) is 0.357. The molecule has 1 unspecified atom stereocenters. The molecular formula is C28H30BrN5O5. The molecule has 39 heavy (non-hydrogen) atoms. The topological polar surface area (TPSA) is 115 Å². The van der Waals surface area contributed by atoms with Gasteiger partial charge >= 0.3 is 0 Å². The number of aromatic nitrogens is 2. The van der Waals surface area contributed by atoms with E-state index in [2.05, 4.69) is 36.8 Å². The van der Waals surface area contributed by atoms with Gasteiger partial charge in [-0.15, -0.1) is 10.2 Å². The van der Waals surface area contributed by atoms with E-state index < -0.39 is 0 Å². The Morgan fingerprint density at radius 1 is 1.10 bits per heavy atom. The van der Waals surface area contributed by atoms with Crippen LogP contribution >= 0.6 is 15.9 Å². The summed E-state index contributed by atoms with van der Waals surface area (Å²) in [5.41, 5.74) is 2.06. The van der Waals surface area contributed by atoms with Gasteiger partial charge in [0.05, 0.1) is 12.6 Å². The zero-order valence-corrected chi connectivity index (χ0v) is 23.0. The van der Waals surface area contributed by atoms with E-state index in [1.165, 1.54) is 0 Å². The lowest BCUT2D eigenvalue weighted by Crippen LogP contribution is -2.35. The first-order valence-corrected chi connectivity index (χ1v) is 13.7. The SMILES string of the molecule is O=C(COc1ccccc1CNc1ccc(C(=O)N2CCOc3ccc(Br)cc3C2)nn1)NCC1CCCO1. The van der Waals surface area contributed by atoms with Gasteiger partial charge in [-0.1, -0.05) is 34.1 Å². The van der Waals surface area contributed by atoms with E-state index in [1.807, 2.05) is 42.5 Å². The Bertz CT molecular complexity index is 1300. The average Bonchev–Trinajstić information content (AvgIpc) is 3.40. The first kappa shape index (κ1) is 26.9. The van der Waals surface area contributed by atoms with Crippen molar-refractivity contribution in [2.75, 3.05) is 38.2 Å². The zero-order chi connectivity index (χ0) is 27.0. The number of fused-ring (bicyclic) bond motifs is 1. The fourth-order valence-corrected chi connectivity index (χ4v) is 4.85. The van der Waals surface area contributed by atoms with Gasteiger partial charge in [-0.3, -0.25) is 9.59 Å². The van der Waals surface area contributed by atoms with Crippen LogP contribution in [-0.4, -0.2) is 65.9 Å². The Balaban J connectivity index is 1.13. The Kier molecular flexibility index (Phi) is 8.89. The molecule has 10 nitrogen and oxygen atoms in total. The minimum absolute atomic E-state index is 0.0800. The highest BCUT2D eigenvalue weighted by atomic mass is 79.9. The van der Waals surface area contributed by atoms with Crippen LogP contribution in [0.1, 0.15) is 34.5 Å². The number of anilines is 1. The first-order chi connectivity index (χ1) is 19.0. The predicted molar refractivity (Wildman–Crippen MR) is 148 cm³/mol. The summed E-state index contributed by atoms with van der Waals surface area (Å²) in [6.45, 7) is 2.87. The molecule has 3 heterocycles. The van der Waals surface area contributed by atoms with Crippen LogP contribution in [0.25, 0.3) is 0 Å². The standard InChI is InChI=1S/C28H30BrN5O5/c29-21-7-9-25-20(14-21)17-34(11-13-38-25)28(36)23-8-10-26(33-32-23)30-15-19-4-1-2-6-24(19)39-18-27(35)31-16-22-5-3-12-37-22/h1-2,4,6-10,14,22H,3,5,11-13,15-18H2,(H,30,33)(H,31,35). The van der Waals surface area contributed by atoms with Gasteiger partial charge in [-0.2, -0.15) is 0 Å². The quantitative estimate of drug-likeness (QED) is 0.386. The van der Waals surface area contributed by atoms with E-state index in [4.69, 9.17) is 14.2 Å². The van der Waals surface area contributed by atoms with Crippen molar-refractivity contribution < 1.29 is 23.8 Å². The van der Waals surface area contributed by atoms with Crippen LogP contribution < -0.4 is 20.1 Å². The van der Waals surface area contributed by atoms with Gasteiger partial charge in [-0.25, -0.2) is 0 Å². The Hall–Kier alpha value is -3.70. The van der Waals surface area contributed by atoms with Crippen LogP contribution in [-0.2, 0) is 22.6 Å². The Morgan fingerprint density at radius 2 is 2.00 bits per heavy atom. The molecule has 11 heteroatoms. The largest absolute Gasteiger partial charge is 0.491 e. The van der Waals surface area contributed by atoms with Gasteiger partial charge in [0.15, 0.2) is 12.3 Å². The van der Waals surface area contributed by atoms with Crippen molar-refractivity contribution in [2.45, 2.75) is 32.0 Å². The van der Waals surface area contributed by atoms with E-state index in [1.54, 1.807) is 17.0 Å². The van der Waals surface area contributed by atoms with E-state index in [0.29, 0.717) is 44.4 Å². The highest BCUT2D eigenvalue weighted by Crippen LogP contribution is 2.27. The van der Waals surface area contributed by atoms with Crippen LogP contribution in [0, 0.1) is 0 Å². The van der Waals surface area contributed by atoms with Crippen LogP contribution in [0.3, 0.4) is 0 Å². The summed E-state index contributed by atoms with van der Waals surface area (Å²) in [6.07, 6.45) is 2.08. The number of nitrogens with zero attached hydrogens (tertiary/aromatic N) is 3. The molecule has 2 aliphatic heterocycles. The molecule has 5 rings (SSSR count). The van der Waals surface area contributed by atoms with Gasteiger partial charge in [0.1, 0.15) is 23.9 Å². The van der Waals surface area contributed by atoms with E-state index >= 15 is 0 Å². The molecule has 0 radical (unpaired) electrons. The van der Waals surface area contributed by atoms with Crippen molar-refractivity contribution in [3.8, 4) is 11.5 Å². The third-order valence-electron chi connectivity index (χ3n) is 6.52. The zero-order valence-electron chi connectivity index (χ0n) is 21.4. The van der Waals surface area contributed by atoms with Crippen molar-refractivity contribution in [1.29, 1.82) is 0 Å². The second-order valence-corrected chi connectivity index (χ2v) is 10.2.